The molecule has 0 spiro atoms. The molecule has 3 aliphatic rings. The fraction of sp³-hybridized carbons (Fsp3) is 0.913. The summed E-state index contributed by atoms with van der Waals surface area (Å²) in [5, 5.41) is 0. The van der Waals surface area contributed by atoms with Gasteiger partial charge in [0, 0.05) is 44.3 Å². The minimum atomic E-state index is -0.170. The van der Waals surface area contributed by atoms with E-state index in [4.69, 9.17) is 4.74 Å². The zero-order valence-electron chi connectivity index (χ0n) is 18.7. The Kier molecular flexibility index (Phi) is 8.22. The van der Waals surface area contributed by atoms with Crippen LogP contribution < -0.4 is 0 Å². The Balaban J connectivity index is 1.46. The normalized spacial score (nSPS) is 27.8. The molecule has 2 aliphatic heterocycles. The first-order valence-electron chi connectivity index (χ1n) is 12.0. The molecule has 1 saturated carbocycles. The molecule has 2 atom stereocenters. The molecular weight excluding hydrogens is 366 g/mol. The molecule has 1 unspecified atom stereocenters. The van der Waals surface area contributed by atoms with Crippen molar-refractivity contribution >= 4 is 12.5 Å². The Labute approximate surface area is 176 Å². The van der Waals surface area contributed by atoms with Gasteiger partial charge in [0.15, 0.2) is 0 Å². The predicted octanol–water partition coefficient (Wildman–Crippen LogP) is 3.89. The van der Waals surface area contributed by atoms with E-state index >= 15 is 0 Å². The Morgan fingerprint density at radius 1 is 1.03 bits per heavy atom. The number of piperidine rings is 2. The van der Waals surface area contributed by atoms with E-state index in [2.05, 4.69) is 16.7 Å². The van der Waals surface area contributed by atoms with Gasteiger partial charge in [0.2, 0.25) is 6.41 Å². The summed E-state index contributed by atoms with van der Waals surface area (Å²) in [6.07, 6.45) is 11.4. The first kappa shape index (κ1) is 22.4. The van der Waals surface area contributed by atoms with Gasteiger partial charge >= 0.3 is 6.09 Å². The highest BCUT2D eigenvalue weighted by atomic mass is 16.6. The maximum absolute atomic E-state index is 12.1. The molecule has 0 aromatic heterocycles. The quantitative estimate of drug-likeness (QED) is 0.627. The van der Waals surface area contributed by atoms with E-state index in [-0.39, 0.29) is 12.2 Å². The van der Waals surface area contributed by atoms with Crippen LogP contribution in [0.1, 0.15) is 78.6 Å². The Bertz CT molecular complexity index is 525. The van der Waals surface area contributed by atoms with E-state index in [0.717, 1.165) is 58.3 Å². The third kappa shape index (κ3) is 5.65. The highest BCUT2D eigenvalue weighted by molar-refractivity contribution is 5.67. The largest absolute Gasteiger partial charge is 0.447 e. The van der Waals surface area contributed by atoms with Crippen LogP contribution >= 0.6 is 0 Å². The van der Waals surface area contributed by atoms with Crippen molar-refractivity contribution in [3.8, 4) is 0 Å². The van der Waals surface area contributed by atoms with Crippen LogP contribution in [0.5, 0.6) is 0 Å². The summed E-state index contributed by atoms with van der Waals surface area (Å²) in [5.74, 6) is 0.682. The summed E-state index contributed by atoms with van der Waals surface area (Å²) >= 11 is 0. The summed E-state index contributed by atoms with van der Waals surface area (Å²) in [7, 11) is 0. The van der Waals surface area contributed by atoms with Crippen LogP contribution in [0.15, 0.2) is 0 Å². The molecule has 2 saturated heterocycles. The first-order chi connectivity index (χ1) is 14.0. The average Bonchev–Trinajstić information content (AvgIpc) is 2.75. The van der Waals surface area contributed by atoms with Gasteiger partial charge in [-0.3, -0.25) is 4.79 Å². The van der Waals surface area contributed by atoms with Crippen LogP contribution in [-0.4, -0.2) is 77.6 Å². The molecule has 2 heterocycles. The van der Waals surface area contributed by atoms with Gasteiger partial charge in [-0.25, -0.2) is 4.79 Å². The zero-order valence-corrected chi connectivity index (χ0v) is 18.7. The van der Waals surface area contributed by atoms with Crippen molar-refractivity contribution in [1.29, 1.82) is 0 Å². The van der Waals surface area contributed by atoms with Gasteiger partial charge in [-0.2, -0.15) is 0 Å². The monoisotopic (exact) mass is 407 g/mol. The number of ether oxygens (including phenoxy) is 1. The van der Waals surface area contributed by atoms with Crippen molar-refractivity contribution < 1.29 is 14.3 Å². The number of carbonyl (C=O) groups excluding carboxylic acids is 2. The molecule has 0 radical (unpaired) electrons. The smallest absolute Gasteiger partial charge is 0.410 e. The van der Waals surface area contributed by atoms with Gasteiger partial charge in [0.25, 0.3) is 0 Å². The summed E-state index contributed by atoms with van der Waals surface area (Å²) in [6.45, 7) is 9.78. The van der Waals surface area contributed by atoms with E-state index in [0.29, 0.717) is 24.0 Å². The highest BCUT2D eigenvalue weighted by Crippen LogP contribution is 2.33. The van der Waals surface area contributed by atoms with Crippen molar-refractivity contribution in [2.75, 3.05) is 26.2 Å². The first-order valence-corrected chi connectivity index (χ1v) is 12.0. The second kappa shape index (κ2) is 10.6. The maximum atomic E-state index is 12.1. The molecule has 2 amide bonds. The van der Waals surface area contributed by atoms with Crippen molar-refractivity contribution in [1.82, 2.24) is 14.7 Å². The van der Waals surface area contributed by atoms with Crippen LogP contribution in [0, 0.1) is 5.92 Å². The summed E-state index contributed by atoms with van der Waals surface area (Å²) in [5.41, 5.74) is 0. The van der Waals surface area contributed by atoms with E-state index in [1.54, 1.807) is 0 Å². The molecule has 1 aliphatic carbocycles. The minimum absolute atomic E-state index is 0.0588. The lowest BCUT2D eigenvalue weighted by Gasteiger charge is -2.46. The fourth-order valence-corrected chi connectivity index (χ4v) is 5.73. The van der Waals surface area contributed by atoms with Crippen LogP contribution in [0.25, 0.3) is 0 Å². The van der Waals surface area contributed by atoms with Gasteiger partial charge in [-0.05, 0) is 58.3 Å². The van der Waals surface area contributed by atoms with Gasteiger partial charge < -0.3 is 19.4 Å². The molecule has 0 aromatic carbocycles. The topological polar surface area (TPSA) is 53.1 Å². The van der Waals surface area contributed by atoms with E-state index in [1.165, 1.54) is 32.1 Å². The van der Waals surface area contributed by atoms with Crippen LogP contribution in [-0.2, 0) is 9.53 Å². The van der Waals surface area contributed by atoms with Crippen molar-refractivity contribution in [3.05, 3.63) is 0 Å². The number of rotatable bonds is 6. The Hall–Kier alpha value is -1.30. The van der Waals surface area contributed by atoms with Gasteiger partial charge in [0.05, 0.1) is 6.10 Å². The van der Waals surface area contributed by atoms with Crippen LogP contribution in [0.2, 0.25) is 0 Å². The number of hydrogen-bond donors (Lipinski definition) is 0. The molecule has 29 heavy (non-hydrogen) atoms. The van der Waals surface area contributed by atoms with Crippen molar-refractivity contribution in [2.45, 2.75) is 103 Å². The second-order valence-corrected chi connectivity index (χ2v) is 9.49. The van der Waals surface area contributed by atoms with E-state index in [9.17, 15) is 9.59 Å². The van der Waals surface area contributed by atoms with Crippen LogP contribution in [0.3, 0.4) is 0 Å². The molecular formula is C23H41N3O3. The van der Waals surface area contributed by atoms with E-state index < -0.39 is 0 Å². The summed E-state index contributed by atoms with van der Waals surface area (Å²) < 4.78 is 5.33. The lowest BCUT2D eigenvalue weighted by Crippen LogP contribution is -2.54. The average molecular weight is 408 g/mol. The highest BCUT2D eigenvalue weighted by Gasteiger charge is 2.36. The van der Waals surface area contributed by atoms with Gasteiger partial charge in [-0.1, -0.05) is 26.2 Å². The predicted molar refractivity (Wildman–Crippen MR) is 115 cm³/mol. The summed E-state index contributed by atoms with van der Waals surface area (Å²) in [4.78, 5) is 30.7. The van der Waals surface area contributed by atoms with Gasteiger partial charge in [-0.15, -0.1) is 0 Å². The summed E-state index contributed by atoms with van der Waals surface area (Å²) in [6, 6.07) is 1.42. The number of likely N-dealkylation sites (tertiary alicyclic amines) is 2. The van der Waals surface area contributed by atoms with Crippen LogP contribution in [0.4, 0.5) is 4.79 Å². The number of carbonyl (C=O) groups is 2. The third-order valence-corrected chi connectivity index (χ3v) is 7.39. The molecule has 0 N–H and O–H groups in total. The zero-order chi connectivity index (χ0) is 20.8. The molecule has 166 valence electrons. The van der Waals surface area contributed by atoms with Crippen molar-refractivity contribution in [2.24, 2.45) is 5.92 Å². The lowest BCUT2D eigenvalue weighted by molar-refractivity contribution is -0.126. The van der Waals surface area contributed by atoms with E-state index in [1.807, 2.05) is 18.7 Å². The molecule has 6 nitrogen and oxygen atoms in total. The molecule has 6 heteroatoms. The molecule has 3 fully saturated rings. The molecule has 0 bridgehead atoms. The molecule has 0 aromatic rings. The Morgan fingerprint density at radius 2 is 1.69 bits per heavy atom. The van der Waals surface area contributed by atoms with Gasteiger partial charge in [0.1, 0.15) is 0 Å². The van der Waals surface area contributed by atoms with Crippen molar-refractivity contribution in [3.63, 3.8) is 0 Å². The Morgan fingerprint density at radius 3 is 2.28 bits per heavy atom. The third-order valence-electron chi connectivity index (χ3n) is 7.39. The number of amides is 2. The standard InChI is InChI=1S/C23H41N3O3/c1-4-19-7-5-6-8-22(19)26(17-27)21-11-13-24(14-12-21)20-9-15-25(16-10-20)23(28)29-18(2)3/h17-22H,4-16H2,1-3H3/t19-,22?/m0/s1. The molecule has 3 rings (SSSR count). The minimum Gasteiger partial charge on any atom is -0.447 e. The number of nitrogens with zero attached hydrogens (tertiary/aromatic N) is 3. The maximum Gasteiger partial charge on any atom is 0.410 e. The SMILES string of the molecule is CC[C@H]1CCCCC1N(C=O)C1CCN(C2CCN(C(=O)OC(C)C)CC2)CC1. The second-order valence-electron chi connectivity index (χ2n) is 9.49. The number of hydrogen-bond acceptors (Lipinski definition) is 4. The fourth-order valence-electron chi connectivity index (χ4n) is 5.73. The lowest BCUT2D eigenvalue weighted by atomic mass is 9.81.